The van der Waals surface area contributed by atoms with Crippen molar-refractivity contribution in [2.24, 2.45) is 11.7 Å². The molecular weight excluding hydrogens is 254 g/mol. The van der Waals surface area contributed by atoms with Crippen molar-refractivity contribution in [2.75, 3.05) is 6.61 Å². The number of hydrogen-bond acceptors (Lipinski definition) is 2. The fraction of sp³-hybridized carbons (Fsp3) is 0.562. The third-order valence-corrected chi connectivity index (χ3v) is 3.59. The van der Waals surface area contributed by atoms with Gasteiger partial charge in [-0.05, 0) is 36.0 Å². The van der Waals surface area contributed by atoms with Gasteiger partial charge in [0.25, 0.3) is 0 Å². The van der Waals surface area contributed by atoms with Gasteiger partial charge in [0, 0.05) is 5.92 Å². The van der Waals surface area contributed by atoms with Crippen LogP contribution in [0.25, 0.3) is 0 Å². The van der Waals surface area contributed by atoms with Crippen LogP contribution in [0.3, 0.4) is 0 Å². The first-order chi connectivity index (χ1) is 8.95. The summed E-state index contributed by atoms with van der Waals surface area (Å²) in [7, 11) is 0. The van der Waals surface area contributed by atoms with Crippen molar-refractivity contribution in [1.82, 2.24) is 0 Å². The lowest BCUT2D eigenvalue weighted by Gasteiger charge is -2.16. The molecule has 106 valence electrons. The fourth-order valence-corrected chi connectivity index (χ4v) is 2.06. The van der Waals surface area contributed by atoms with Gasteiger partial charge in [-0.2, -0.15) is 0 Å². The minimum atomic E-state index is 0.234. The van der Waals surface area contributed by atoms with E-state index >= 15 is 0 Å². The highest BCUT2D eigenvalue weighted by molar-refractivity contribution is 7.80. The SMILES string of the molecule is CCCOc1ccc(CC(C)C(N)=S)cc1C(C)C. The zero-order valence-corrected chi connectivity index (χ0v) is 13.2. The number of thiocarbonyl (C=S) groups is 1. The first-order valence-corrected chi connectivity index (χ1v) is 7.41. The quantitative estimate of drug-likeness (QED) is 0.764. The molecule has 1 unspecified atom stereocenters. The number of ether oxygens (including phenoxy) is 1. The normalized spacial score (nSPS) is 12.5. The van der Waals surface area contributed by atoms with Gasteiger partial charge in [0.1, 0.15) is 5.75 Å². The molecule has 2 N–H and O–H groups in total. The molecular formula is C16H25NOS. The lowest BCUT2D eigenvalue weighted by atomic mass is 9.95. The molecule has 0 aliphatic heterocycles. The Kier molecular flexibility index (Phi) is 6.29. The predicted octanol–water partition coefficient (Wildman–Crippen LogP) is 4.06. The first-order valence-electron chi connectivity index (χ1n) is 7.00. The monoisotopic (exact) mass is 279 g/mol. The van der Waals surface area contributed by atoms with E-state index in [1.807, 2.05) is 0 Å². The highest BCUT2D eigenvalue weighted by Gasteiger charge is 2.12. The summed E-state index contributed by atoms with van der Waals surface area (Å²) in [6.07, 6.45) is 1.92. The van der Waals surface area contributed by atoms with Gasteiger partial charge in [0.2, 0.25) is 0 Å². The Hall–Kier alpha value is -1.09. The highest BCUT2D eigenvalue weighted by Crippen LogP contribution is 2.28. The summed E-state index contributed by atoms with van der Waals surface area (Å²) in [4.78, 5) is 0.581. The summed E-state index contributed by atoms with van der Waals surface area (Å²) in [5.41, 5.74) is 8.22. The standard InChI is InChI=1S/C16H25NOS/c1-5-8-18-15-7-6-13(9-12(4)16(17)19)10-14(15)11(2)3/h6-7,10-12H,5,8-9H2,1-4H3,(H2,17,19). The lowest BCUT2D eigenvalue weighted by molar-refractivity contribution is 0.313. The Labute approximate surface area is 122 Å². The second-order valence-corrected chi connectivity index (χ2v) is 5.85. The highest BCUT2D eigenvalue weighted by atomic mass is 32.1. The topological polar surface area (TPSA) is 35.2 Å². The zero-order chi connectivity index (χ0) is 14.4. The van der Waals surface area contributed by atoms with E-state index in [0.29, 0.717) is 10.9 Å². The Morgan fingerprint density at radius 3 is 2.53 bits per heavy atom. The molecule has 0 amide bonds. The molecule has 2 nitrogen and oxygen atoms in total. The van der Waals surface area contributed by atoms with Crippen molar-refractivity contribution in [3.8, 4) is 5.75 Å². The van der Waals surface area contributed by atoms with Gasteiger partial charge in [0.05, 0.1) is 11.6 Å². The summed E-state index contributed by atoms with van der Waals surface area (Å²) in [5.74, 6) is 1.69. The van der Waals surface area contributed by atoms with E-state index in [0.717, 1.165) is 25.2 Å². The van der Waals surface area contributed by atoms with E-state index in [1.165, 1.54) is 11.1 Å². The molecule has 0 heterocycles. The van der Waals surface area contributed by atoms with Gasteiger partial charge in [0.15, 0.2) is 0 Å². The average molecular weight is 279 g/mol. The van der Waals surface area contributed by atoms with Crippen LogP contribution in [0.2, 0.25) is 0 Å². The molecule has 0 radical (unpaired) electrons. The smallest absolute Gasteiger partial charge is 0.122 e. The molecule has 0 aromatic heterocycles. The molecule has 3 heteroatoms. The summed E-state index contributed by atoms with van der Waals surface area (Å²) in [5, 5.41) is 0. The minimum absolute atomic E-state index is 0.234. The third-order valence-electron chi connectivity index (χ3n) is 3.19. The van der Waals surface area contributed by atoms with Crippen LogP contribution in [0.1, 0.15) is 51.2 Å². The van der Waals surface area contributed by atoms with Crippen molar-refractivity contribution in [3.05, 3.63) is 29.3 Å². The van der Waals surface area contributed by atoms with Crippen LogP contribution in [0.15, 0.2) is 18.2 Å². The van der Waals surface area contributed by atoms with Crippen LogP contribution in [0.5, 0.6) is 5.75 Å². The Morgan fingerprint density at radius 2 is 2.00 bits per heavy atom. The minimum Gasteiger partial charge on any atom is -0.493 e. The van der Waals surface area contributed by atoms with Gasteiger partial charge < -0.3 is 10.5 Å². The number of nitrogens with two attached hydrogens (primary N) is 1. The van der Waals surface area contributed by atoms with E-state index in [1.54, 1.807) is 0 Å². The van der Waals surface area contributed by atoms with Gasteiger partial charge in [-0.25, -0.2) is 0 Å². The van der Waals surface area contributed by atoms with E-state index < -0.39 is 0 Å². The summed E-state index contributed by atoms with van der Waals surface area (Å²) < 4.78 is 5.80. The molecule has 1 rings (SSSR count). The van der Waals surface area contributed by atoms with E-state index in [4.69, 9.17) is 22.7 Å². The molecule has 0 bridgehead atoms. The maximum absolute atomic E-state index is 5.80. The van der Waals surface area contributed by atoms with E-state index in [9.17, 15) is 0 Å². The first kappa shape index (κ1) is 16.0. The largest absolute Gasteiger partial charge is 0.493 e. The van der Waals surface area contributed by atoms with Gasteiger partial charge >= 0.3 is 0 Å². The van der Waals surface area contributed by atoms with Crippen LogP contribution in [0.4, 0.5) is 0 Å². The second-order valence-electron chi connectivity index (χ2n) is 5.38. The van der Waals surface area contributed by atoms with Crippen molar-refractivity contribution >= 4 is 17.2 Å². The van der Waals surface area contributed by atoms with E-state index in [-0.39, 0.29) is 5.92 Å². The van der Waals surface area contributed by atoms with Gasteiger partial charge in [-0.15, -0.1) is 0 Å². The van der Waals surface area contributed by atoms with Crippen LogP contribution >= 0.6 is 12.2 Å². The zero-order valence-electron chi connectivity index (χ0n) is 12.4. The molecule has 0 aliphatic carbocycles. The third kappa shape index (κ3) is 4.83. The second kappa shape index (κ2) is 7.49. The summed E-state index contributed by atoms with van der Waals surface area (Å²) >= 11 is 5.04. The Balaban J connectivity index is 2.92. The molecule has 1 aromatic rings. The van der Waals surface area contributed by atoms with Crippen LogP contribution in [-0.2, 0) is 6.42 Å². The number of rotatable bonds is 7. The average Bonchev–Trinajstić information content (AvgIpc) is 2.36. The van der Waals surface area contributed by atoms with E-state index in [2.05, 4.69) is 45.9 Å². The molecule has 0 spiro atoms. The predicted molar refractivity (Wildman–Crippen MR) is 86.0 cm³/mol. The summed E-state index contributed by atoms with van der Waals surface area (Å²) in [6.45, 7) is 9.33. The number of hydrogen-bond donors (Lipinski definition) is 1. The molecule has 0 fully saturated rings. The van der Waals surface area contributed by atoms with Crippen LogP contribution in [-0.4, -0.2) is 11.6 Å². The van der Waals surface area contributed by atoms with Crippen molar-refractivity contribution in [1.29, 1.82) is 0 Å². The molecule has 0 saturated carbocycles. The fourth-order valence-electron chi connectivity index (χ4n) is 1.97. The van der Waals surface area contributed by atoms with Crippen molar-refractivity contribution in [3.63, 3.8) is 0 Å². The molecule has 0 saturated heterocycles. The molecule has 0 aliphatic rings. The van der Waals surface area contributed by atoms with Gasteiger partial charge in [-0.1, -0.05) is 52.0 Å². The van der Waals surface area contributed by atoms with Crippen LogP contribution < -0.4 is 10.5 Å². The maximum Gasteiger partial charge on any atom is 0.122 e. The van der Waals surface area contributed by atoms with Crippen molar-refractivity contribution in [2.45, 2.75) is 46.5 Å². The molecule has 19 heavy (non-hydrogen) atoms. The molecule has 1 aromatic carbocycles. The maximum atomic E-state index is 5.80. The number of benzene rings is 1. The Morgan fingerprint density at radius 1 is 1.32 bits per heavy atom. The lowest BCUT2D eigenvalue weighted by Crippen LogP contribution is -2.20. The summed E-state index contributed by atoms with van der Waals surface area (Å²) in [6, 6.07) is 6.42. The van der Waals surface area contributed by atoms with Crippen LogP contribution in [0, 0.1) is 5.92 Å². The molecule has 1 atom stereocenters. The van der Waals surface area contributed by atoms with Gasteiger partial charge in [-0.3, -0.25) is 0 Å². The Bertz CT molecular complexity index is 429. The van der Waals surface area contributed by atoms with Crippen molar-refractivity contribution < 1.29 is 4.74 Å².